The van der Waals surface area contributed by atoms with Crippen LogP contribution in [0.3, 0.4) is 0 Å². The molecule has 0 unspecified atom stereocenters. The van der Waals surface area contributed by atoms with Gasteiger partial charge in [-0.15, -0.1) is 0 Å². The predicted molar refractivity (Wildman–Crippen MR) is 381 cm³/mol. The van der Waals surface area contributed by atoms with Gasteiger partial charge in [-0.2, -0.15) is 56.9 Å². The van der Waals surface area contributed by atoms with E-state index in [2.05, 4.69) is 76.2 Å². The van der Waals surface area contributed by atoms with Gasteiger partial charge in [0.25, 0.3) is 26.1 Å². The predicted octanol–water partition coefficient (Wildman–Crippen LogP) is 0.905. The van der Waals surface area contributed by atoms with Crippen molar-refractivity contribution < 1.29 is 40.3 Å². The highest BCUT2D eigenvalue weighted by molar-refractivity contribution is 7.91. The number of fused-ring (bicyclic) bond motifs is 2. The lowest BCUT2D eigenvalue weighted by Gasteiger charge is -2.36. The number of amides is 1. The third-order valence-corrected chi connectivity index (χ3v) is 19.4. The van der Waals surface area contributed by atoms with Gasteiger partial charge in [0.15, 0.2) is 11.4 Å². The zero-order chi connectivity index (χ0) is 69.4. The van der Waals surface area contributed by atoms with Crippen molar-refractivity contribution >= 4 is 125 Å². The van der Waals surface area contributed by atoms with E-state index in [-0.39, 0.29) is 51.1 Å². The second kappa shape index (κ2) is 30.7. The van der Waals surface area contributed by atoms with Crippen LogP contribution in [-0.4, -0.2) is 261 Å². The maximum atomic E-state index is 14.0. The molecule has 36 heteroatoms. The van der Waals surface area contributed by atoms with E-state index < -0.39 is 58.9 Å². The van der Waals surface area contributed by atoms with E-state index in [9.17, 15) is 40.3 Å². The van der Waals surface area contributed by atoms with Crippen LogP contribution >= 0.6 is 0 Å². The smallest absolute Gasteiger partial charge is 0.296 e. The molecule has 0 saturated carbocycles. The number of carbonyl (C=O) groups is 3. The normalized spacial score (nSPS) is 18.4. The fraction of sp³-hybridized carbons (Fsp3) is 0.381. The molecule has 4 aliphatic heterocycles. The Morgan fingerprint density at radius 3 is 1.04 bits per heavy atom. The van der Waals surface area contributed by atoms with Crippen molar-refractivity contribution in [3.05, 3.63) is 123 Å². The Balaban J connectivity index is 0.682. The topological polar surface area (TPSA) is 452 Å². The van der Waals surface area contributed by atoms with Gasteiger partial charge in [-0.05, 0) is 108 Å². The molecule has 6 aliphatic rings. The summed E-state index contributed by atoms with van der Waals surface area (Å²) >= 11 is 0. The fourth-order valence-electron chi connectivity index (χ4n) is 12.3. The molecule has 2 aromatic heterocycles. The van der Waals surface area contributed by atoms with E-state index in [1.54, 1.807) is 24.3 Å². The Morgan fingerprint density at radius 1 is 0.424 bits per heavy atom. The molecule has 522 valence electrons. The molecule has 0 atom stereocenters. The van der Waals surface area contributed by atoms with Crippen molar-refractivity contribution in [2.75, 3.05) is 203 Å². The summed E-state index contributed by atoms with van der Waals surface area (Å²) in [6.07, 6.45) is 2.31. The summed E-state index contributed by atoms with van der Waals surface area (Å²) in [5.74, 6) is 0.336. The summed E-state index contributed by atoms with van der Waals surface area (Å²) in [6.45, 7) is 17.1. The summed E-state index contributed by atoms with van der Waals surface area (Å²) in [6, 6.07) is 21.3. The molecule has 1 amide bonds. The molecule has 0 radical (unpaired) electrons. The summed E-state index contributed by atoms with van der Waals surface area (Å²) in [5, 5.41) is 17.5. The van der Waals surface area contributed by atoms with Crippen LogP contribution in [0.15, 0.2) is 105 Å². The van der Waals surface area contributed by atoms with Gasteiger partial charge in [0.2, 0.25) is 47.3 Å². The first-order valence-electron chi connectivity index (χ1n) is 32.5. The van der Waals surface area contributed by atoms with Crippen LogP contribution in [0.4, 0.5) is 64.1 Å². The van der Waals surface area contributed by atoms with Gasteiger partial charge in [0, 0.05) is 191 Å². The average Bonchev–Trinajstić information content (AvgIpc) is 0.775. The van der Waals surface area contributed by atoms with Gasteiger partial charge < -0.3 is 58.5 Å². The quantitative estimate of drug-likeness (QED) is 0.0296. The minimum absolute atomic E-state index is 0.105. The number of hydrogen-bond acceptors (Lipinski definition) is 31. The number of ketones is 2. The number of nitrogens with two attached hydrogens (primary N) is 4. The third kappa shape index (κ3) is 16.8. The van der Waals surface area contributed by atoms with Crippen LogP contribution in [0.1, 0.15) is 42.2 Å². The highest BCUT2D eigenvalue weighted by Crippen LogP contribution is 2.33. The minimum Gasteiger partial charge on any atom is -0.338 e. The van der Waals surface area contributed by atoms with E-state index in [0.717, 1.165) is 90.7 Å². The highest BCUT2D eigenvalue weighted by atomic mass is 32.2. The van der Waals surface area contributed by atoms with Crippen LogP contribution in [0, 0.1) is 0 Å². The maximum absolute atomic E-state index is 14.0. The van der Waals surface area contributed by atoms with E-state index in [1.807, 2.05) is 0 Å². The van der Waals surface area contributed by atoms with Gasteiger partial charge in [0.05, 0.1) is 11.4 Å². The molecule has 2 aliphatic carbocycles. The number of hydrogen-bond donors (Lipinski definition) is 11. The molecule has 4 fully saturated rings. The number of nitrogens with one attached hydrogen (secondary N) is 5. The molecule has 0 bridgehead atoms. The number of rotatable bonds is 24. The van der Waals surface area contributed by atoms with Crippen LogP contribution < -0.4 is 69.3 Å². The SMILES string of the molecule is NCCN1CCN(c2nc(Nc3ccc4c(c3)C=C(S(=O)(=O)O)/C(=N\Nc3ccc(NC(=O)c5ccc(N/N=C6/C(=O)c7ccc(Nc8nc(N9CCN(CCN)CC9)nc(N9CCN(CCN)CC9)n8)cc7C=C6S(=O)(=O)O)cc5)cc3)C4=O)nc(N3CCN(CCN)CC3)n2)CC1. The number of aromatic nitrogens is 6. The Morgan fingerprint density at radius 2 is 0.727 bits per heavy atom. The zero-order valence-corrected chi connectivity index (χ0v) is 55.9. The molecule has 99 heavy (non-hydrogen) atoms. The molecular weight excluding hydrogens is 1310 g/mol. The van der Waals surface area contributed by atoms with Crippen molar-refractivity contribution in [2.24, 2.45) is 33.1 Å². The van der Waals surface area contributed by atoms with Crippen LogP contribution in [0.2, 0.25) is 0 Å². The number of piperazine rings is 4. The Labute approximate surface area is 571 Å². The Hall–Kier alpha value is -9.57. The second-order valence-corrected chi connectivity index (χ2v) is 27.0. The summed E-state index contributed by atoms with van der Waals surface area (Å²) in [4.78, 5) is 86.6. The van der Waals surface area contributed by atoms with E-state index >= 15 is 0 Å². The first kappa shape index (κ1) is 69.3. The van der Waals surface area contributed by atoms with E-state index in [1.165, 1.54) is 60.7 Å². The third-order valence-electron chi connectivity index (χ3n) is 17.6. The molecule has 0 spiro atoms. The number of carbonyl (C=O) groups excluding carboxylic acids is 3. The number of benzene rings is 4. The van der Waals surface area contributed by atoms with E-state index in [4.69, 9.17) is 52.8 Å². The van der Waals surface area contributed by atoms with Crippen LogP contribution in [0.5, 0.6) is 0 Å². The average molecular weight is 1390 g/mol. The summed E-state index contributed by atoms with van der Waals surface area (Å²) in [5.41, 5.74) is 30.0. The van der Waals surface area contributed by atoms with Crippen LogP contribution in [0.25, 0.3) is 12.2 Å². The van der Waals surface area contributed by atoms with Crippen molar-refractivity contribution in [3.63, 3.8) is 0 Å². The number of allylic oxidation sites excluding steroid dienone is 2. The van der Waals surface area contributed by atoms with Gasteiger partial charge in [-0.3, -0.25) is 53.9 Å². The van der Waals surface area contributed by atoms with Crippen molar-refractivity contribution in [1.29, 1.82) is 0 Å². The molecule has 15 N–H and O–H groups in total. The number of anilines is 11. The van der Waals surface area contributed by atoms with Gasteiger partial charge in [-0.1, -0.05) is 0 Å². The number of nitrogens with zero attached hydrogens (tertiary/aromatic N) is 16. The fourth-order valence-corrected chi connectivity index (χ4v) is 13.6. The summed E-state index contributed by atoms with van der Waals surface area (Å²) < 4.78 is 72.5. The molecule has 6 heterocycles. The van der Waals surface area contributed by atoms with E-state index in [0.29, 0.717) is 119 Å². The zero-order valence-electron chi connectivity index (χ0n) is 54.2. The standard InChI is InChI=1S/C63H79N25O9S2/c64-13-17-81-21-29-85(30-22-81)60-71-58(72-61(75-60)86-31-23-82(18-14-65)24-32-86)69-47-9-11-49-42(37-47)39-51(98(92,93)94)53(55(49)89)79-77-45-3-1-41(2-4-45)57(91)68-44-5-7-46(8-6-44)78-80-54-52(99(95,96)97)40-43-38-48(10-12-50(43)56(54)90)70-59-73-62(87-33-25-83(19-15-66)26-34-87)76-63(74-59)88-35-27-84(20-16-67)28-36-88/h1-12,37-40,77-78H,13-36,64-67H2,(H,68,91)(H,92,93,94)(H,95,96,97)(H,69,71,72,75)(H,70,73,74,76)/b79-53+,80-54+. The van der Waals surface area contributed by atoms with Crippen LogP contribution in [-0.2, 0) is 20.2 Å². The lowest BCUT2D eigenvalue weighted by Crippen LogP contribution is -2.49. The number of hydrazone groups is 2. The monoisotopic (exact) mass is 1390 g/mol. The first-order valence-corrected chi connectivity index (χ1v) is 35.4. The second-order valence-electron chi connectivity index (χ2n) is 24.2. The lowest BCUT2D eigenvalue weighted by atomic mass is 9.94. The molecule has 6 aromatic rings. The Bertz CT molecular complexity index is 4250. The summed E-state index contributed by atoms with van der Waals surface area (Å²) in [7, 11) is -10.0. The molecular formula is C63H79N25O9S2. The van der Waals surface area contributed by atoms with Gasteiger partial charge in [0.1, 0.15) is 9.81 Å². The van der Waals surface area contributed by atoms with Gasteiger partial charge in [-0.25, -0.2) is 0 Å². The lowest BCUT2D eigenvalue weighted by molar-refractivity contribution is 0.102. The largest absolute Gasteiger partial charge is 0.338 e. The molecule has 12 rings (SSSR count). The van der Waals surface area contributed by atoms with Crippen molar-refractivity contribution in [2.45, 2.75) is 0 Å². The number of Topliss-reactive ketones (excluding diaryl/α,β-unsaturated/α-hetero) is 2. The Kier molecular flexibility index (Phi) is 21.5. The molecule has 4 aromatic carbocycles. The molecule has 34 nitrogen and oxygen atoms in total. The van der Waals surface area contributed by atoms with Gasteiger partial charge >= 0.3 is 0 Å². The highest BCUT2D eigenvalue weighted by Gasteiger charge is 2.36. The minimum atomic E-state index is -5.01. The maximum Gasteiger partial charge on any atom is 0.296 e. The van der Waals surface area contributed by atoms with Crippen molar-refractivity contribution in [3.8, 4) is 0 Å². The molecule has 4 saturated heterocycles. The first-order chi connectivity index (χ1) is 47.8. The van der Waals surface area contributed by atoms with Crippen molar-refractivity contribution in [1.82, 2.24) is 49.5 Å².